The number of carbonyl (C=O) groups is 1. The summed E-state index contributed by atoms with van der Waals surface area (Å²) in [6.45, 7) is 0.650. The maximum absolute atomic E-state index is 11.6. The van der Waals surface area contributed by atoms with E-state index >= 15 is 0 Å². The fraction of sp³-hybridized carbons (Fsp3) is 0.727. The van der Waals surface area contributed by atoms with Gasteiger partial charge in [0.05, 0.1) is 12.5 Å². The number of esters is 1. The molecule has 1 saturated carbocycles. The van der Waals surface area contributed by atoms with Gasteiger partial charge >= 0.3 is 5.97 Å². The van der Waals surface area contributed by atoms with Gasteiger partial charge in [-0.05, 0) is 37.0 Å². The SMILES string of the molecule is O=C1OCC[C@@H]2[C@H]1[C@@H]1C=C[C@H]2CC1. The van der Waals surface area contributed by atoms with Gasteiger partial charge in [0.25, 0.3) is 0 Å². The van der Waals surface area contributed by atoms with Gasteiger partial charge in [0.1, 0.15) is 0 Å². The van der Waals surface area contributed by atoms with Gasteiger partial charge in [-0.2, -0.15) is 0 Å². The molecule has 1 aliphatic heterocycles. The van der Waals surface area contributed by atoms with E-state index in [4.69, 9.17) is 4.74 Å². The van der Waals surface area contributed by atoms with Crippen LogP contribution in [0, 0.1) is 23.7 Å². The van der Waals surface area contributed by atoms with Crippen LogP contribution in [-0.4, -0.2) is 12.6 Å². The molecule has 3 aliphatic carbocycles. The molecule has 0 aromatic rings. The maximum Gasteiger partial charge on any atom is 0.309 e. The van der Waals surface area contributed by atoms with Crippen LogP contribution in [-0.2, 0) is 9.53 Å². The van der Waals surface area contributed by atoms with E-state index in [0.717, 1.165) is 6.42 Å². The molecule has 13 heavy (non-hydrogen) atoms. The first-order valence-electron chi connectivity index (χ1n) is 5.21. The lowest BCUT2D eigenvalue weighted by Crippen LogP contribution is -2.45. The van der Waals surface area contributed by atoms with Crippen LogP contribution in [0.2, 0.25) is 0 Å². The van der Waals surface area contributed by atoms with Crippen molar-refractivity contribution in [3.05, 3.63) is 12.2 Å². The molecular weight excluding hydrogens is 164 g/mol. The molecule has 1 saturated heterocycles. The highest BCUT2D eigenvalue weighted by Gasteiger charge is 2.46. The van der Waals surface area contributed by atoms with Crippen LogP contribution >= 0.6 is 0 Å². The van der Waals surface area contributed by atoms with E-state index in [0.29, 0.717) is 24.4 Å². The van der Waals surface area contributed by atoms with Crippen molar-refractivity contribution < 1.29 is 9.53 Å². The Morgan fingerprint density at radius 2 is 1.92 bits per heavy atom. The maximum atomic E-state index is 11.6. The monoisotopic (exact) mass is 178 g/mol. The molecular formula is C11H14O2. The van der Waals surface area contributed by atoms with Crippen molar-refractivity contribution in [3.8, 4) is 0 Å². The van der Waals surface area contributed by atoms with Gasteiger partial charge in [0.15, 0.2) is 0 Å². The second-order valence-corrected chi connectivity index (χ2v) is 4.44. The van der Waals surface area contributed by atoms with Crippen molar-refractivity contribution in [3.63, 3.8) is 0 Å². The minimum Gasteiger partial charge on any atom is -0.465 e. The molecule has 2 heteroatoms. The summed E-state index contributed by atoms with van der Waals surface area (Å²) in [7, 11) is 0. The highest BCUT2D eigenvalue weighted by molar-refractivity contribution is 5.74. The summed E-state index contributed by atoms with van der Waals surface area (Å²) in [5.41, 5.74) is 0. The molecule has 4 rings (SSSR count). The third kappa shape index (κ3) is 0.976. The van der Waals surface area contributed by atoms with E-state index in [9.17, 15) is 4.79 Å². The first-order valence-corrected chi connectivity index (χ1v) is 5.21. The highest BCUT2D eigenvalue weighted by atomic mass is 16.5. The van der Waals surface area contributed by atoms with Gasteiger partial charge in [0.2, 0.25) is 0 Å². The predicted octanol–water partition coefficient (Wildman–Crippen LogP) is 1.76. The summed E-state index contributed by atoms with van der Waals surface area (Å²) < 4.78 is 5.13. The Morgan fingerprint density at radius 3 is 2.62 bits per heavy atom. The van der Waals surface area contributed by atoms with Gasteiger partial charge in [-0.1, -0.05) is 12.2 Å². The average Bonchev–Trinajstić information content (AvgIpc) is 2.20. The van der Waals surface area contributed by atoms with Crippen LogP contribution in [0.1, 0.15) is 19.3 Å². The van der Waals surface area contributed by atoms with E-state index < -0.39 is 0 Å². The van der Waals surface area contributed by atoms with Crippen molar-refractivity contribution in [1.82, 2.24) is 0 Å². The second-order valence-electron chi connectivity index (χ2n) is 4.44. The van der Waals surface area contributed by atoms with E-state index in [1.807, 2.05) is 0 Å². The van der Waals surface area contributed by atoms with E-state index in [2.05, 4.69) is 12.2 Å². The predicted molar refractivity (Wildman–Crippen MR) is 47.9 cm³/mol. The molecule has 2 nitrogen and oxygen atoms in total. The third-order valence-corrected chi connectivity index (χ3v) is 3.88. The molecule has 70 valence electrons. The minimum atomic E-state index is 0.0651. The molecule has 2 fully saturated rings. The summed E-state index contributed by atoms with van der Waals surface area (Å²) in [6, 6.07) is 0. The molecule has 2 bridgehead atoms. The summed E-state index contributed by atoms with van der Waals surface area (Å²) in [5, 5.41) is 0. The fourth-order valence-corrected chi connectivity index (χ4v) is 3.24. The normalized spacial score (nSPS) is 47.2. The number of ether oxygens (including phenoxy) is 1. The Labute approximate surface area is 78.0 Å². The lowest BCUT2D eigenvalue weighted by molar-refractivity contribution is -0.163. The largest absolute Gasteiger partial charge is 0.465 e. The molecule has 0 radical (unpaired) electrons. The number of fused-ring (bicyclic) bond motifs is 1. The molecule has 1 heterocycles. The van der Waals surface area contributed by atoms with Crippen molar-refractivity contribution >= 4 is 5.97 Å². The number of cyclic esters (lactones) is 1. The summed E-state index contributed by atoms with van der Waals surface area (Å²) in [5.74, 6) is 2.03. The topological polar surface area (TPSA) is 26.3 Å². The van der Waals surface area contributed by atoms with E-state index in [1.165, 1.54) is 12.8 Å². The second kappa shape index (κ2) is 2.60. The zero-order valence-electron chi connectivity index (χ0n) is 7.61. The standard InChI is InChI=1S/C11H14O2/c12-11-10-8-3-1-7(2-4-8)9(10)5-6-13-11/h1,3,7-10H,2,4-6H2/t7-,8+,9-,10+/m0/s1. The summed E-state index contributed by atoms with van der Waals surface area (Å²) >= 11 is 0. The molecule has 0 aromatic heterocycles. The molecule has 4 aliphatic rings. The lowest BCUT2D eigenvalue weighted by atomic mass is 9.61. The van der Waals surface area contributed by atoms with E-state index in [1.54, 1.807) is 0 Å². The van der Waals surface area contributed by atoms with Crippen LogP contribution in [0.15, 0.2) is 12.2 Å². The number of hydrogen-bond acceptors (Lipinski definition) is 2. The Bertz CT molecular complexity index is 269. The Kier molecular flexibility index (Phi) is 1.52. The molecule has 0 N–H and O–H groups in total. The molecule has 0 aromatic carbocycles. The smallest absolute Gasteiger partial charge is 0.309 e. The van der Waals surface area contributed by atoms with Gasteiger partial charge < -0.3 is 4.74 Å². The summed E-state index contributed by atoms with van der Waals surface area (Å²) in [4.78, 5) is 11.6. The fourth-order valence-electron chi connectivity index (χ4n) is 3.24. The number of rotatable bonds is 0. The van der Waals surface area contributed by atoms with Crippen LogP contribution in [0.5, 0.6) is 0 Å². The first kappa shape index (κ1) is 7.60. The van der Waals surface area contributed by atoms with Gasteiger partial charge in [-0.15, -0.1) is 0 Å². The zero-order valence-corrected chi connectivity index (χ0v) is 7.61. The molecule has 0 spiro atoms. The van der Waals surface area contributed by atoms with Crippen LogP contribution in [0.25, 0.3) is 0 Å². The van der Waals surface area contributed by atoms with Gasteiger partial charge in [-0.25, -0.2) is 0 Å². The van der Waals surface area contributed by atoms with Crippen molar-refractivity contribution in [2.45, 2.75) is 19.3 Å². The number of hydrogen-bond donors (Lipinski definition) is 0. The van der Waals surface area contributed by atoms with Crippen molar-refractivity contribution in [2.24, 2.45) is 23.7 Å². The Balaban J connectivity index is 1.96. The summed E-state index contributed by atoms with van der Waals surface area (Å²) in [6.07, 6.45) is 8.13. The van der Waals surface area contributed by atoms with Crippen molar-refractivity contribution in [2.75, 3.05) is 6.61 Å². The Hall–Kier alpha value is -0.790. The van der Waals surface area contributed by atoms with Gasteiger partial charge in [-0.3, -0.25) is 4.79 Å². The zero-order chi connectivity index (χ0) is 8.84. The lowest BCUT2D eigenvalue weighted by Gasteiger charge is -2.45. The van der Waals surface area contributed by atoms with Crippen molar-refractivity contribution in [1.29, 1.82) is 0 Å². The van der Waals surface area contributed by atoms with Crippen LogP contribution in [0.4, 0.5) is 0 Å². The number of carbonyl (C=O) groups excluding carboxylic acids is 1. The van der Waals surface area contributed by atoms with Gasteiger partial charge in [0, 0.05) is 0 Å². The average molecular weight is 178 g/mol. The first-order chi connectivity index (χ1) is 6.36. The third-order valence-electron chi connectivity index (χ3n) is 3.88. The highest BCUT2D eigenvalue weighted by Crippen LogP contribution is 2.48. The van der Waals surface area contributed by atoms with Crippen LogP contribution < -0.4 is 0 Å². The van der Waals surface area contributed by atoms with Crippen LogP contribution in [0.3, 0.4) is 0 Å². The molecule has 0 unspecified atom stereocenters. The molecule has 0 amide bonds. The number of allylic oxidation sites excluding steroid dienone is 2. The minimum absolute atomic E-state index is 0.0651. The van der Waals surface area contributed by atoms with E-state index in [-0.39, 0.29) is 11.9 Å². The Morgan fingerprint density at radius 1 is 1.15 bits per heavy atom. The molecule has 4 atom stereocenters. The quantitative estimate of drug-likeness (QED) is 0.417.